The lowest BCUT2D eigenvalue weighted by Gasteiger charge is -2.13. The monoisotopic (exact) mass is 366 g/mol. The Kier molecular flexibility index (Phi) is 5.45. The Morgan fingerprint density at radius 3 is 2.56 bits per heavy atom. The van der Waals surface area contributed by atoms with Crippen molar-refractivity contribution in [2.75, 3.05) is 25.6 Å². The van der Waals surface area contributed by atoms with Crippen LogP contribution in [-0.2, 0) is 11.3 Å². The quantitative estimate of drug-likeness (QED) is 0.679. The van der Waals surface area contributed by atoms with Crippen molar-refractivity contribution >= 4 is 22.6 Å². The molecule has 140 valence electrons. The van der Waals surface area contributed by atoms with Gasteiger partial charge in [-0.2, -0.15) is 0 Å². The molecule has 0 aliphatic heterocycles. The second-order valence-corrected chi connectivity index (χ2v) is 6.53. The average Bonchev–Trinajstić information content (AvgIpc) is 2.64. The molecule has 2 aromatic carbocycles. The predicted octanol–water partition coefficient (Wildman–Crippen LogP) is 2.86. The van der Waals surface area contributed by atoms with Crippen LogP contribution < -0.4 is 20.6 Å². The zero-order valence-corrected chi connectivity index (χ0v) is 15.6. The van der Waals surface area contributed by atoms with Gasteiger partial charge in [-0.1, -0.05) is 12.1 Å². The molecule has 1 amide bonds. The molecule has 0 saturated carbocycles. The van der Waals surface area contributed by atoms with E-state index in [0.717, 1.165) is 22.2 Å². The molecule has 0 saturated heterocycles. The van der Waals surface area contributed by atoms with Gasteiger partial charge in [0.1, 0.15) is 11.3 Å². The number of hydrogen-bond donors (Lipinski definition) is 1. The molecule has 0 bridgehead atoms. The van der Waals surface area contributed by atoms with Crippen LogP contribution in [0.5, 0.6) is 5.75 Å². The molecule has 3 aromatic rings. The Hall–Kier alpha value is -3.28. The number of fused-ring (bicyclic) bond motifs is 1. The molecule has 6 heteroatoms. The van der Waals surface area contributed by atoms with E-state index in [4.69, 9.17) is 9.15 Å². The van der Waals surface area contributed by atoms with Crippen LogP contribution in [0, 0.1) is 6.92 Å². The van der Waals surface area contributed by atoms with Crippen LogP contribution in [-0.4, -0.2) is 26.6 Å². The maximum Gasteiger partial charge on any atom is 0.336 e. The summed E-state index contributed by atoms with van der Waals surface area (Å²) in [7, 11) is 3.96. The molecule has 0 atom stereocenters. The number of nitrogens with zero attached hydrogens (tertiary/aromatic N) is 1. The Labute approximate surface area is 157 Å². The topological polar surface area (TPSA) is 71.8 Å². The SMILES string of the molecule is Cc1cc(=O)oc2cc(OCC(=O)NCc3ccc(N(C)C)cc3)ccc12. The van der Waals surface area contributed by atoms with Gasteiger partial charge in [0.2, 0.25) is 0 Å². The number of carbonyl (C=O) groups is 1. The van der Waals surface area contributed by atoms with E-state index in [2.05, 4.69) is 5.32 Å². The molecule has 0 radical (unpaired) electrons. The molecule has 1 heterocycles. The van der Waals surface area contributed by atoms with E-state index in [0.29, 0.717) is 17.9 Å². The smallest absolute Gasteiger partial charge is 0.336 e. The first-order chi connectivity index (χ1) is 12.9. The Bertz CT molecular complexity index is 1010. The largest absolute Gasteiger partial charge is 0.484 e. The fraction of sp³-hybridized carbons (Fsp3) is 0.238. The minimum atomic E-state index is -0.407. The van der Waals surface area contributed by atoms with E-state index in [1.165, 1.54) is 6.07 Å². The van der Waals surface area contributed by atoms with Crippen molar-refractivity contribution in [3.63, 3.8) is 0 Å². The first kappa shape index (κ1) is 18.5. The van der Waals surface area contributed by atoms with Crippen molar-refractivity contribution in [3.05, 3.63) is 70.1 Å². The van der Waals surface area contributed by atoms with Crippen molar-refractivity contribution in [2.24, 2.45) is 0 Å². The summed E-state index contributed by atoms with van der Waals surface area (Å²) in [6, 6.07) is 14.6. The molecular formula is C21H22N2O4. The second kappa shape index (κ2) is 7.95. The van der Waals surface area contributed by atoms with E-state index in [1.54, 1.807) is 12.1 Å². The number of anilines is 1. The van der Waals surface area contributed by atoms with Crippen LogP contribution in [0.15, 0.2) is 57.7 Å². The van der Waals surface area contributed by atoms with Gasteiger partial charge in [-0.15, -0.1) is 0 Å². The lowest BCUT2D eigenvalue weighted by molar-refractivity contribution is -0.123. The zero-order chi connectivity index (χ0) is 19.4. The van der Waals surface area contributed by atoms with Crippen molar-refractivity contribution in [2.45, 2.75) is 13.5 Å². The van der Waals surface area contributed by atoms with Crippen LogP contribution >= 0.6 is 0 Å². The number of ether oxygens (including phenoxy) is 1. The number of aryl methyl sites for hydroxylation is 1. The second-order valence-electron chi connectivity index (χ2n) is 6.53. The third-order valence-electron chi connectivity index (χ3n) is 4.24. The molecule has 0 fully saturated rings. The van der Waals surface area contributed by atoms with E-state index in [-0.39, 0.29) is 12.5 Å². The molecule has 1 aromatic heterocycles. The molecule has 3 rings (SSSR count). The van der Waals surface area contributed by atoms with Crippen LogP contribution in [0.2, 0.25) is 0 Å². The zero-order valence-electron chi connectivity index (χ0n) is 15.6. The van der Waals surface area contributed by atoms with Gasteiger partial charge in [-0.3, -0.25) is 4.79 Å². The van der Waals surface area contributed by atoms with Crippen LogP contribution in [0.4, 0.5) is 5.69 Å². The number of amides is 1. The van der Waals surface area contributed by atoms with Gasteiger partial charge in [0.05, 0.1) is 0 Å². The summed E-state index contributed by atoms with van der Waals surface area (Å²) in [4.78, 5) is 25.5. The van der Waals surface area contributed by atoms with Crippen LogP contribution in [0.3, 0.4) is 0 Å². The fourth-order valence-corrected chi connectivity index (χ4v) is 2.71. The van der Waals surface area contributed by atoms with Gasteiger partial charge in [-0.05, 0) is 42.3 Å². The third kappa shape index (κ3) is 4.67. The van der Waals surface area contributed by atoms with Crippen LogP contribution in [0.1, 0.15) is 11.1 Å². The average molecular weight is 366 g/mol. The van der Waals surface area contributed by atoms with Gasteiger partial charge >= 0.3 is 5.63 Å². The Morgan fingerprint density at radius 2 is 1.85 bits per heavy atom. The van der Waals surface area contributed by atoms with Gasteiger partial charge in [0.15, 0.2) is 6.61 Å². The van der Waals surface area contributed by atoms with Gasteiger partial charge < -0.3 is 19.4 Å². The highest BCUT2D eigenvalue weighted by atomic mass is 16.5. The van der Waals surface area contributed by atoms with Gasteiger partial charge in [0, 0.05) is 43.8 Å². The standard InChI is InChI=1S/C21H22N2O4/c1-14-10-21(25)27-19-11-17(8-9-18(14)19)26-13-20(24)22-12-15-4-6-16(7-5-15)23(2)3/h4-11H,12-13H2,1-3H3,(H,22,24). The Morgan fingerprint density at radius 1 is 1.11 bits per heavy atom. The number of rotatable bonds is 6. The number of carbonyl (C=O) groups excluding carboxylic acids is 1. The van der Waals surface area contributed by atoms with E-state index in [1.807, 2.05) is 56.3 Å². The summed E-state index contributed by atoms with van der Waals surface area (Å²) >= 11 is 0. The molecule has 0 unspecified atom stereocenters. The van der Waals surface area contributed by atoms with Crippen LogP contribution in [0.25, 0.3) is 11.0 Å². The third-order valence-corrected chi connectivity index (χ3v) is 4.24. The molecule has 0 aliphatic rings. The van der Waals surface area contributed by atoms with Crippen molar-refractivity contribution < 1.29 is 13.9 Å². The van der Waals surface area contributed by atoms with Gasteiger partial charge in [0.25, 0.3) is 5.91 Å². The number of benzene rings is 2. The number of nitrogens with one attached hydrogen (secondary N) is 1. The summed E-state index contributed by atoms with van der Waals surface area (Å²) < 4.78 is 10.7. The fourth-order valence-electron chi connectivity index (χ4n) is 2.71. The minimum Gasteiger partial charge on any atom is -0.484 e. The van der Waals surface area contributed by atoms with E-state index >= 15 is 0 Å². The van der Waals surface area contributed by atoms with Crippen molar-refractivity contribution in [1.82, 2.24) is 5.32 Å². The van der Waals surface area contributed by atoms with Crippen molar-refractivity contribution in [1.29, 1.82) is 0 Å². The maximum atomic E-state index is 12.0. The first-order valence-electron chi connectivity index (χ1n) is 8.62. The highest BCUT2D eigenvalue weighted by Crippen LogP contribution is 2.22. The molecule has 27 heavy (non-hydrogen) atoms. The number of hydrogen-bond acceptors (Lipinski definition) is 5. The highest BCUT2D eigenvalue weighted by Gasteiger charge is 2.07. The Balaban J connectivity index is 1.56. The van der Waals surface area contributed by atoms with E-state index in [9.17, 15) is 9.59 Å². The summed E-state index contributed by atoms with van der Waals surface area (Å²) in [5, 5.41) is 3.66. The molecular weight excluding hydrogens is 344 g/mol. The van der Waals surface area contributed by atoms with E-state index < -0.39 is 5.63 Å². The summed E-state index contributed by atoms with van der Waals surface area (Å²) in [6.45, 7) is 2.16. The minimum absolute atomic E-state index is 0.114. The van der Waals surface area contributed by atoms with Crippen molar-refractivity contribution in [3.8, 4) is 5.75 Å². The normalized spacial score (nSPS) is 10.6. The summed E-state index contributed by atoms with van der Waals surface area (Å²) in [6.07, 6.45) is 0. The lowest BCUT2D eigenvalue weighted by atomic mass is 10.1. The summed E-state index contributed by atoms with van der Waals surface area (Å²) in [5.41, 5.74) is 2.99. The first-order valence-corrected chi connectivity index (χ1v) is 8.62. The summed E-state index contributed by atoms with van der Waals surface area (Å²) in [5.74, 6) is 0.249. The molecule has 0 aliphatic carbocycles. The maximum absolute atomic E-state index is 12.0. The predicted molar refractivity (Wildman–Crippen MR) is 105 cm³/mol. The lowest BCUT2D eigenvalue weighted by Crippen LogP contribution is -2.28. The highest BCUT2D eigenvalue weighted by molar-refractivity contribution is 5.81. The molecule has 6 nitrogen and oxygen atoms in total. The molecule has 0 spiro atoms. The molecule has 1 N–H and O–H groups in total. The van der Waals surface area contributed by atoms with Gasteiger partial charge in [-0.25, -0.2) is 4.79 Å².